The average molecular weight is 541 g/mol. The molecule has 0 spiro atoms. The normalized spacial score (nSPS) is 16.2. The number of hydrogen-bond acceptors (Lipinski definition) is 4. The number of fused-ring (bicyclic) bond motifs is 1. The summed E-state index contributed by atoms with van der Waals surface area (Å²) in [4.78, 5) is 2.54. The summed E-state index contributed by atoms with van der Waals surface area (Å²) in [5, 5.41) is 13.6. The number of aromatic hydroxyl groups is 1. The van der Waals surface area contributed by atoms with Gasteiger partial charge in [-0.2, -0.15) is 0 Å². The largest absolute Gasteiger partial charge is 0.503 e. The lowest BCUT2D eigenvalue weighted by atomic mass is 9.85. The van der Waals surface area contributed by atoms with Crippen molar-refractivity contribution in [2.24, 2.45) is 5.92 Å². The standard InChI is InChI=1S/C32H41FN2O2.ClH/c1-19(2)18-34-29-17-25(16-28(33)32(29)36)31-27-14-15-35(22(6)26(27)12-13-30(31)37-7)21(5)24-10-8-23(9-11-24)20(3)4;/h8-13,16-17,19-22,34,36H,14-15,18H2,1-7H3;1H/t21?,22-;/m1./s1. The average Bonchev–Trinajstić information content (AvgIpc) is 2.88. The number of nitrogens with one attached hydrogen (secondary N) is 1. The highest BCUT2D eigenvalue weighted by Crippen LogP contribution is 2.45. The zero-order valence-corrected chi connectivity index (χ0v) is 24.5. The van der Waals surface area contributed by atoms with E-state index in [1.807, 2.05) is 12.1 Å². The van der Waals surface area contributed by atoms with Gasteiger partial charge in [0.25, 0.3) is 0 Å². The van der Waals surface area contributed by atoms with Gasteiger partial charge in [-0.25, -0.2) is 4.39 Å². The molecule has 1 aliphatic rings. The van der Waals surface area contributed by atoms with E-state index in [1.54, 1.807) is 7.11 Å². The third kappa shape index (κ3) is 5.94. The summed E-state index contributed by atoms with van der Waals surface area (Å²) in [7, 11) is 1.65. The van der Waals surface area contributed by atoms with Crippen molar-refractivity contribution in [1.29, 1.82) is 0 Å². The van der Waals surface area contributed by atoms with Crippen LogP contribution in [0.4, 0.5) is 10.1 Å². The summed E-state index contributed by atoms with van der Waals surface area (Å²) in [5.41, 5.74) is 7.12. The van der Waals surface area contributed by atoms with Crippen LogP contribution in [-0.2, 0) is 6.42 Å². The van der Waals surface area contributed by atoms with Gasteiger partial charge in [-0.15, -0.1) is 12.4 Å². The fourth-order valence-electron chi connectivity index (χ4n) is 5.48. The minimum atomic E-state index is -0.632. The second kappa shape index (κ2) is 12.4. The fraction of sp³-hybridized carbons (Fsp3) is 0.438. The molecular weight excluding hydrogens is 499 g/mol. The van der Waals surface area contributed by atoms with Crippen molar-refractivity contribution in [3.63, 3.8) is 0 Å². The summed E-state index contributed by atoms with van der Waals surface area (Å²) in [5.74, 6) is 0.624. The number of hydrogen-bond donors (Lipinski definition) is 2. The van der Waals surface area contributed by atoms with E-state index >= 15 is 0 Å². The summed E-state index contributed by atoms with van der Waals surface area (Å²) in [6, 6.07) is 16.9. The minimum absolute atomic E-state index is 0. The number of phenolic OH excluding ortho intramolecular Hbond substituents is 1. The maximum absolute atomic E-state index is 14.9. The molecule has 2 N–H and O–H groups in total. The molecule has 0 saturated carbocycles. The summed E-state index contributed by atoms with van der Waals surface area (Å²) >= 11 is 0. The van der Waals surface area contributed by atoms with E-state index in [0.717, 1.165) is 24.3 Å². The molecule has 0 bridgehead atoms. The first-order chi connectivity index (χ1) is 17.6. The Hall–Kier alpha value is -2.76. The summed E-state index contributed by atoms with van der Waals surface area (Å²) in [6.45, 7) is 14.7. The monoisotopic (exact) mass is 540 g/mol. The maximum atomic E-state index is 14.9. The molecule has 0 aliphatic carbocycles. The first-order valence-corrected chi connectivity index (χ1v) is 13.4. The summed E-state index contributed by atoms with van der Waals surface area (Å²) in [6.07, 6.45) is 0.831. The minimum Gasteiger partial charge on any atom is -0.503 e. The van der Waals surface area contributed by atoms with Crippen LogP contribution in [0.1, 0.15) is 81.8 Å². The Kier molecular flexibility index (Phi) is 9.72. The Labute approximate surface area is 233 Å². The van der Waals surface area contributed by atoms with Crippen LogP contribution in [0.5, 0.6) is 11.5 Å². The van der Waals surface area contributed by atoms with E-state index in [-0.39, 0.29) is 30.2 Å². The van der Waals surface area contributed by atoms with E-state index in [0.29, 0.717) is 29.6 Å². The molecule has 206 valence electrons. The van der Waals surface area contributed by atoms with Gasteiger partial charge >= 0.3 is 0 Å². The second-order valence-corrected chi connectivity index (χ2v) is 11.0. The van der Waals surface area contributed by atoms with Crippen molar-refractivity contribution in [3.8, 4) is 22.6 Å². The molecule has 1 unspecified atom stereocenters. The molecule has 0 amide bonds. The van der Waals surface area contributed by atoms with Crippen molar-refractivity contribution in [2.75, 3.05) is 25.5 Å². The number of phenols is 1. The fourth-order valence-corrected chi connectivity index (χ4v) is 5.48. The highest BCUT2D eigenvalue weighted by Gasteiger charge is 2.31. The predicted molar refractivity (Wildman–Crippen MR) is 158 cm³/mol. The lowest BCUT2D eigenvalue weighted by Gasteiger charge is -2.40. The van der Waals surface area contributed by atoms with Crippen molar-refractivity contribution in [1.82, 2.24) is 4.90 Å². The molecule has 0 aromatic heterocycles. The zero-order chi connectivity index (χ0) is 26.9. The number of nitrogens with zero attached hydrogens (tertiary/aromatic N) is 1. The van der Waals surface area contributed by atoms with Gasteiger partial charge in [0.2, 0.25) is 0 Å². The smallest absolute Gasteiger partial charge is 0.174 e. The van der Waals surface area contributed by atoms with Gasteiger partial charge in [0, 0.05) is 30.7 Å². The molecule has 0 fully saturated rings. The molecule has 1 aliphatic heterocycles. The lowest BCUT2D eigenvalue weighted by Crippen LogP contribution is -2.36. The van der Waals surface area contributed by atoms with Crippen LogP contribution < -0.4 is 10.1 Å². The van der Waals surface area contributed by atoms with Crippen LogP contribution in [0.25, 0.3) is 11.1 Å². The Morgan fingerprint density at radius 1 is 1.03 bits per heavy atom. The lowest BCUT2D eigenvalue weighted by molar-refractivity contribution is 0.144. The van der Waals surface area contributed by atoms with E-state index in [9.17, 15) is 9.50 Å². The zero-order valence-electron chi connectivity index (χ0n) is 23.6. The van der Waals surface area contributed by atoms with Gasteiger partial charge in [0.15, 0.2) is 11.6 Å². The van der Waals surface area contributed by atoms with E-state index in [2.05, 4.69) is 82.1 Å². The molecule has 4 nitrogen and oxygen atoms in total. The van der Waals surface area contributed by atoms with E-state index < -0.39 is 5.82 Å². The summed E-state index contributed by atoms with van der Waals surface area (Å²) < 4.78 is 20.7. The molecule has 38 heavy (non-hydrogen) atoms. The van der Waals surface area contributed by atoms with Crippen molar-refractivity contribution in [3.05, 3.63) is 76.6 Å². The van der Waals surface area contributed by atoms with Crippen LogP contribution in [0.15, 0.2) is 48.5 Å². The van der Waals surface area contributed by atoms with Crippen LogP contribution in [0.3, 0.4) is 0 Å². The van der Waals surface area contributed by atoms with Crippen LogP contribution >= 0.6 is 12.4 Å². The first-order valence-electron chi connectivity index (χ1n) is 13.4. The molecule has 6 heteroatoms. The third-order valence-electron chi connectivity index (χ3n) is 7.73. The van der Waals surface area contributed by atoms with Crippen molar-refractivity contribution >= 4 is 18.1 Å². The van der Waals surface area contributed by atoms with Crippen LogP contribution in [-0.4, -0.2) is 30.2 Å². The number of methoxy groups -OCH3 is 1. The maximum Gasteiger partial charge on any atom is 0.174 e. The van der Waals surface area contributed by atoms with Crippen LogP contribution in [0, 0.1) is 11.7 Å². The molecule has 3 aromatic rings. The molecule has 0 radical (unpaired) electrons. The Morgan fingerprint density at radius 3 is 2.29 bits per heavy atom. The number of rotatable bonds is 8. The molecule has 0 saturated heterocycles. The second-order valence-electron chi connectivity index (χ2n) is 11.0. The number of anilines is 1. The van der Waals surface area contributed by atoms with Crippen molar-refractivity contribution < 1.29 is 14.2 Å². The Balaban J connectivity index is 0.00000400. The topological polar surface area (TPSA) is 44.7 Å². The highest BCUT2D eigenvalue weighted by molar-refractivity contribution is 5.85. The molecular formula is C32H42ClFN2O2. The predicted octanol–water partition coefficient (Wildman–Crippen LogP) is 8.50. The quantitative estimate of drug-likeness (QED) is 0.281. The third-order valence-corrected chi connectivity index (χ3v) is 7.73. The SMILES string of the molecule is COc1ccc2c(c1-c1cc(F)c(O)c(NCC(C)C)c1)CCN(C(C)c1ccc(C(C)C)cc1)[C@@H]2C.Cl. The van der Waals surface area contributed by atoms with E-state index in [1.165, 1.54) is 28.3 Å². The van der Waals surface area contributed by atoms with Gasteiger partial charge in [-0.3, -0.25) is 4.90 Å². The first kappa shape index (κ1) is 29.8. The van der Waals surface area contributed by atoms with Gasteiger partial charge in [0.05, 0.1) is 12.8 Å². The molecule has 4 rings (SSSR count). The Bertz CT molecular complexity index is 1240. The molecule has 2 atom stereocenters. The number of halogens is 2. The molecule has 1 heterocycles. The number of ether oxygens (including phenoxy) is 1. The van der Waals surface area contributed by atoms with Gasteiger partial charge in [0.1, 0.15) is 5.75 Å². The molecule has 3 aromatic carbocycles. The van der Waals surface area contributed by atoms with Crippen LogP contribution in [0.2, 0.25) is 0 Å². The Morgan fingerprint density at radius 2 is 1.68 bits per heavy atom. The van der Waals surface area contributed by atoms with Gasteiger partial charge in [-0.1, -0.05) is 58.0 Å². The number of benzene rings is 3. The van der Waals surface area contributed by atoms with Crippen molar-refractivity contribution in [2.45, 2.75) is 66.0 Å². The van der Waals surface area contributed by atoms with Gasteiger partial charge in [-0.05, 0) is 78.1 Å². The van der Waals surface area contributed by atoms with E-state index in [4.69, 9.17) is 4.74 Å². The highest BCUT2D eigenvalue weighted by atomic mass is 35.5. The van der Waals surface area contributed by atoms with Gasteiger partial charge < -0.3 is 15.2 Å².